The van der Waals surface area contributed by atoms with Crippen molar-refractivity contribution in [1.29, 1.82) is 0 Å². The molecule has 176 valence electrons. The van der Waals surface area contributed by atoms with E-state index in [0.29, 0.717) is 19.3 Å². The van der Waals surface area contributed by atoms with Gasteiger partial charge in [0.05, 0.1) is 12.2 Å². The number of phosphoric ester groups is 1. The van der Waals surface area contributed by atoms with E-state index < -0.39 is 19.5 Å². The van der Waals surface area contributed by atoms with Gasteiger partial charge in [-0.1, -0.05) is 67.7 Å². The van der Waals surface area contributed by atoms with E-state index in [1.165, 1.54) is 0 Å². The largest absolute Gasteiger partial charge is 0.470 e. The maximum Gasteiger partial charge on any atom is 0.470 e. The summed E-state index contributed by atoms with van der Waals surface area (Å²) < 4.78 is 24.0. The molecule has 0 radical (unpaired) electrons. The van der Waals surface area contributed by atoms with Crippen LogP contribution in [0.15, 0.2) is 0 Å². The highest BCUT2D eigenvalue weighted by molar-refractivity contribution is 7.46. The van der Waals surface area contributed by atoms with Gasteiger partial charge < -0.3 is 19.6 Å². The highest BCUT2D eigenvalue weighted by Gasteiger charge is 2.48. The monoisotopic (exact) mass is 438 g/mol. The van der Waals surface area contributed by atoms with Crippen LogP contribution in [-0.2, 0) is 13.8 Å². The van der Waals surface area contributed by atoms with Crippen molar-refractivity contribution < 1.29 is 28.7 Å². The maximum absolute atomic E-state index is 11.8. The van der Waals surface area contributed by atoms with Gasteiger partial charge in [0.2, 0.25) is 0 Å². The van der Waals surface area contributed by atoms with Crippen molar-refractivity contribution >= 4 is 7.82 Å². The van der Waals surface area contributed by atoms with Crippen molar-refractivity contribution in [1.82, 2.24) is 0 Å². The lowest BCUT2D eigenvalue weighted by Crippen LogP contribution is -2.51. The van der Waals surface area contributed by atoms with Crippen LogP contribution in [0.3, 0.4) is 0 Å². The Morgan fingerprint density at radius 3 is 1.62 bits per heavy atom. The zero-order valence-electron chi connectivity index (χ0n) is 19.8. The minimum Gasteiger partial charge on any atom is -0.396 e. The van der Waals surface area contributed by atoms with Crippen LogP contribution in [0, 0.1) is 11.3 Å². The van der Waals surface area contributed by atoms with Gasteiger partial charge in [-0.25, -0.2) is 4.57 Å². The quantitative estimate of drug-likeness (QED) is 0.247. The minimum atomic E-state index is -4.66. The van der Waals surface area contributed by atoms with Crippen molar-refractivity contribution in [3.63, 3.8) is 0 Å². The summed E-state index contributed by atoms with van der Waals surface area (Å²) in [4.78, 5) is 19.2. The molecule has 0 rings (SSSR count). The lowest BCUT2D eigenvalue weighted by Gasteiger charge is -2.49. The molecule has 0 saturated carbocycles. The highest BCUT2D eigenvalue weighted by Crippen LogP contribution is 2.49. The number of phosphoric acid groups is 1. The normalized spacial score (nSPS) is 16.6. The molecule has 3 unspecified atom stereocenters. The zero-order chi connectivity index (χ0) is 22.7. The zero-order valence-corrected chi connectivity index (χ0v) is 20.7. The molecule has 0 heterocycles. The number of aliphatic hydroxyl groups excluding tert-OH is 1. The molecule has 0 fully saturated rings. The second kappa shape index (κ2) is 13.4. The summed E-state index contributed by atoms with van der Waals surface area (Å²) in [6.45, 7) is 14.5. The number of ether oxygens (including phenoxy) is 1. The first-order valence-corrected chi connectivity index (χ1v) is 13.2. The molecular formula is C22H47O6P. The lowest BCUT2D eigenvalue weighted by molar-refractivity contribution is -0.181. The van der Waals surface area contributed by atoms with Gasteiger partial charge in [0.1, 0.15) is 5.60 Å². The number of aliphatic hydroxyl groups is 1. The standard InChI is InChI=1S/C22H47O6P/c1-8-15-19(21(11-4,12-5)18(10-3)17-23)27-20(16-9-2)22(13-6,14-7)28-29(24,25)26/h18-20,23H,8-17H2,1-7H3,(H2,24,25,26). The average molecular weight is 439 g/mol. The van der Waals surface area contributed by atoms with E-state index in [-0.39, 0.29) is 24.0 Å². The Labute approximate surface area is 179 Å². The molecule has 0 aromatic carbocycles. The molecule has 0 amide bonds. The maximum atomic E-state index is 11.8. The Morgan fingerprint density at radius 1 is 0.828 bits per heavy atom. The van der Waals surface area contributed by atoms with Gasteiger partial charge in [0.25, 0.3) is 0 Å². The van der Waals surface area contributed by atoms with Gasteiger partial charge in [-0.3, -0.25) is 4.52 Å². The SMILES string of the molecule is CCCC(OC(CCC)C(CC)(CC)C(CC)CO)C(CC)(CC)OP(=O)(O)O. The van der Waals surface area contributed by atoms with Crippen LogP contribution in [-0.4, -0.2) is 39.3 Å². The third-order valence-corrected chi connectivity index (χ3v) is 7.60. The molecule has 0 saturated heterocycles. The Bertz CT molecular complexity index is 466. The van der Waals surface area contributed by atoms with Crippen LogP contribution in [0.2, 0.25) is 0 Å². The summed E-state index contributed by atoms with van der Waals surface area (Å²) >= 11 is 0. The van der Waals surface area contributed by atoms with Gasteiger partial charge >= 0.3 is 7.82 Å². The van der Waals surface area contributed by atoms with Crippen molar-refractivity contribution in [3.05, 3.63) is 0 Å². The molecule has 0 aliphatic rings. The predicted molar refractivity (Wildman–Crippen MR) is 119 cm³/mol. The fourth-order valence-electron chi connectivity index (χ4n) is 5.06. The minimum absolute atomic E-state index is 0.103. The summed E-state index contributed by atoms with van der Waals surface area (Å²) in [6.07, 6.45) is 6.32. The van der Waals surface area contributed by atoms with Crippen LogP contribution < -0.4 is 0 Å². The fraction of sp³-hybridized carbons (Fsp3) is 1.00. The Morgan fingerprint density at radius 2 is 1.31 bits per heavy atom. The summed E-state index contributed by atoms with van der Waals surface area (Å²) in [5.74, 6) is 0.122. The van der Waals surface area contributed by atoms with Crippen molar-refractivity contribution in [2.24, 2.45) is 11.3 Å². The first-order chi connectivity index (χ1) is 13.6. The molecule has 7 heteroatoms. The molecule has 29 heavy (non-hydrogen) atoms. The predicted octanol–water partition coefficient (Wildman–Crippen LogP) is 5.83. The van der Waals surface area contributed by atoms with E-state index in [9.17, 15) is 19.5 Å². The molecule has 3 atom stereocenters. The molecule has 0 bridgehead atoms. The molecule has 0 spiro atoms. The van der Waals surface area contributed by atoms with E-state index in [0.717, 1.165) is 38.5 Å². The summed E-state index contributed by atoms with van der Waals surface area (Å²) in [6, 6.07) is 0. The van der Waals surface area contributed by atoms with Crippen LogP contribution in [0.4, 0.5) is 0 Å². The van der Waals surface area contributed by atoms with Crippen LogP contribution in [0.1, 0.15) is 106 Å². The third-order valence-electron chi connectivity index (χ3n) is 7.00. The van der Waals surface area contributed by atoms with Crippen molar-refractivity contribution in [2.45, 2.75) is 124 Å². The lowest BCUT2D eigenvalue weighted by atomic mass is 9.65. The summed E-state index contributed by atoms with van der Waals surface area (Å²) in [5, 5.41) is 10.1. The smallest absolute Gasteiger partial charge is 0.396 e. The van der Waals surface area contributed by atoms with E-state index in [1.807, 2.05) is 20.8 Å². The Balaban J connectivity index is 6.22. The molecule has 0 aliphatic heterocycles. The van der Waals surface area contributed by atoms with Crippen LogP contribution in [0.5, 0.6) is 0 Å². The number of hydrogen-bond donors (Lipinski definition) is 3. The van der Waals surface area contributed by atoms with Gasteiger partial charge in [-0.05, 0) is 44.4 Å². The van der Waals surface area contributed by atoms with Crippen LogP contribution in [0.25, 0.3) is 0 Å². The molecule has 0 aliphatic carbocycles. The van der Waals surface area contributed by atoms with Gasteiger partial charge in [-0.2, -0.15) is 0 Å². The summed E-state index contributed by atoms with van der Waals surface area (Å²) in [7, 11) is -4.66. The van der Waals surface area contributed by atoms with Gasteiger partial charge in [0, 0.05) is 12.0 Å². The van der Waals surface area contributed by atoms with Crippen molar-refractivity contribution in [3.8, 4) is 0 Å². The van der Waals surface area contributed by atoms with E-state index >= 15 is 0 Å². The Kier molecular flexibility index (Phi) is 13.5. The third kappa shape index (κ3) is 7.59. The second-order valence-corrected chi connectivity index (χ2v) is 9.44. The molecule has 6 nitrogen and oxygen atoms in total. The molecule has 0 aromatic rings. The van der Waals surface area contributed by atoms with E-state index in [4.69, 9.17) is 9.26 Å². The first kappa shape index (κ1) is 29.0. The Hall–Kier alpha value is 0.0300. The fourth-order valence-corrected chi connectivity index (χ4v) is 5.91. The molecular weight excluding hydrogens is 391 g/mol. The second-order valence-electron chi connectivity index (χ2n) is 8.27. The first-order valence-electron chi connectivity index (χ1n) is 11.6. The topological polar surface area (TPSA) is 96.2 Å². The van der Waals surface area contributed by atoms with Gasteiger partial charge in [0.15, 0.2) is 0 Å². The number of hydrogen-bond acceptors (Lipinski definition) is 4. The van der Waals surface area contributed by atoms with Crippen molar-refractivity contribution in [2.75, 3.05) is 6.61 Å². The molecule has 3 N–H and O–H groups in total. The van der Waals surface area contributed by atoms with E-state index in [1.54, 1.807) is 0 Å². The number of rotatable bonds is 17. The van der Waals surface area contributed by atoms with Gasteiger partial charge in [-0.15, -0.1) is 0 Å². The van der Waals surface area contributed by atoms with E-state index in [2.05, 4.69) is 27.7 Å². The highest BCUT2D eigenvalue weighted by atomic mass is 31.2. The average Bonchev–Trinajstić information content (AvgIpc) is 2.69. The van der Waals surface area contributed by atoms with Crippen LogP contribution >= 0.6 is 7.82 Å². The molecule has 0 aromatic heterocycles. The summed E-state index contributed by atoms with van der Waals surface area (Å²) in [5.41, 5.74) is -1.21.